The first-order valence-corrected chi connectivity index (χ1v) is 6.79. The third-order valence-corrected chi connectivity index (χ3v) is 3.75. The Hall–Kier alpha value is -1.49. The maximum absolute atomic E-state index is 10.8. The van der Waals surface area contributed by atoms with Crippen LogP contribution in [0.4, 0.5) is 0 Å². The van der Waals surface area contributed by atoms with Crippen LogP contribution in [-0.2, 0) is 17.8 Å². The molecule has 0 aliphatic heterocycles. The van der Waals surface area contributed by atoms with Crippen molar-refractivity contribution in [3.05, 3.63) is 57.8 Å². The summed E-state index contributed by atoms with van der Waals surface area (Å²) in [7, 11) is 0. The molecular weight excluding hydrogens is 299 g/mol. The fourth-order valence-electron chi connectivity index (χ4n) is 1.94. The van der Waals surface area contributed by atoms with Crippen LogP contribution in [0.15, 0.2) is 36.5 Å². The summed E-state index contributed by atoms with van der Waals surface area (Å²) in [6.07, 6.45) is 2.16. The minimum Gasteiger partial charge on any atom is -0.480 e. The molecule has 106 valence electrons. The van der Waals surface area contributed by atoms with E-state index in [9.17, 15) is 4.79 Å². The van der Waals surface area contributed by atoms with Gasteiger partial charge in [-0.05, 0) is 29.8 Å². The van der Waals surface area contributed by atoms with Gasteiger partial charge in [0.15, 0.2) is 0 Å². The molecule has 1 aromatic carbocycles. The third-order valence-electron chi connectivity index (χ3n) is 3.01. The number of aliphatic carboxylic acids is 1. The van der Waals surface area contributed by atoms with Crippen molar-refractivity contribution in [1.82, 2.24) is 4.57 Å². The Morgan fingerprint density at radius 2 is 2.05 bits per heavy atom. The molecule has 6 heteroatoms. The highest BCUT2D eigenvalue weighted by Gasteiger charge is 2.14. The lowest BCUT2D eigenvalue weighted by Gasteiger charge is -2.12. The maximum Gasteiger partial charge on any atom is 0.320 e. The van der Waals surface area contributed by atoms with Crippen LogP contribution in [0.1, 0.15) is 11.3 Å². The van der Waals surface area contributed by atoms with Gasteiger partial charge in [-0.25, -0.2) is 0 Å². The predicted molar refractivity (Wildman–Crippen MR) is 79.3 cm³/mol. The quantitative estimate of drug-likeness (QED) is 0.892. The number of rotatable bonds is 5. The minimum atomic E-state index is -1.01. The van der Waals surface area contributed by atoms with Gasteiger partial charge in [0.2, 0.25) is 0 Å². The highest BCUT2D eigenvalue weighted by Crippen LogP contribution is 2.23. The number of nitrogens with two attached hydrogens (primary N) is 1. The molecule has 0 spiro atoms. The average molecular weight is 313 g/mol. The summed E-state index contributed by atoms with van der Waals surface area (Å²) in [5, 5.41) is 9.87. The van der Waals surface area contributed by atoms with Crippen molar-refractivity contribution < 1.29 is 9.90 Å². The molecule has 1 unspecified atom stereocenters. The minimum absolute atomic E-state index is 0.281. The highest BCUT2D eigenvalue weighted by atomic mass is 35.5. The predicted octanol–water partition coefficient (Wildman–Crippen LogP) is 2.80. The fraction of sp³-hybridized carbons (Fsp3) is 0.214. The van der Waals surface area contributed by atoms with Gasteiger partial charge in [0, 0.05) is 24.9 Å². The second kappa shape index (κ2) is 6.31. The van der Waals surface area contributed by atoms with E-state index in [1.807, 2.05) is 29.0 Å². The van der Waals surface area contributed by atoms with Crippen molar-refractivity contribution in [2.45, 2.75) is 19.0 Å². The van der Waals surface area contributed by atoms with Gasteiger partial charge in [-0.1, -0.05) is 29.3 Å². The largest absolute Gasteiger partial charge is 0.480 e. The van der Waals surface area contributed by atoms with Crippen LogP contribution in [-0.4, -0.2) is 21.7 Å². The van der Waals surface area contributed by atoms with Gasteiger partial charge in [0.05, 0.1) is 10.0 Å². The molecule has 0 saturated carbocycles. The van der Waals surface area contributed by atoms with Gasteiger partial charge in [0.1, 0.15) is 6.04 Å². The molecule has 0 aliphatic carbocycles. The smallest absolute Gasteiger partial charge is 0.320 e. The molecule has 0 bridgehead atoms. The zero-order valence-corrected chi connectivity index (χ0v) is 12.1. The molecule has 1 heterocycles. The summed E-state index contributed by atoms with van der Waals surface area (Å²) in [5.74, 6) is -1.01. The van der Waals surface area contributed by atoms with Gasteiger partial charge in [-0.2, -0.15) is 0 Å². The maximum atomic E-state index is 10.8. The van der Waals surface area contributed by atoms with E-state index in [2.05, 4.69) is 0 Å². The number of carbonyl (C=O) groups is 1. The van der Waals surface area contributed by atoms with Gasteiger partial charge in [0.25, 0.3) is 0 Å². The average Bonchev–Trinajstić information content (AvgIpc) is 2.81. The van der Waals surface area contributed by atoms with E-state index in [1.54, 1.807) is 12.1 Å². The van der Waals surface area contributed by atoms with Gasteiger partial charge in [-0.3, -0.25) is 4.79 Å². The number of carboxylic acids is 1. The van der Waals surface area contributed by atoms with Crippen molar-refractivity contribution in [1.29, 1.82) is 0 Å². The van der Waals surface area contributed by atoms with Crippen molar-refractivity contribution >= 4 is 29.2 Å². The van der Waals surface area contributed by atoms with Crippen LogP contribution in [0.25, 0.3) is 0 Å². The molecule has 4 nitrogen and oxygen atoms in total. The first-order chi connectivity index (χ1) is 9.47. The molecule has 0 saturated heterocycles. The Labute approximate surface area is 126 Å². The molecular formula is C14H14Cl2N2O2. The van der Waals surface area contributed by atoms with E-state index in [4.69, 9.17) is 34.0 Å². The molecule has 20 heavy (non-hydrogen) atoms. The zero-order chi connectivity index (χ0) is 14.7. The Bertz CT molecular complexity index is 625. The molecule has 0 radical (unpaired) electrons. The van der Waals surface area contributed by atoms with E-state index in [0.29, 0.717) is 16.6 Å². The summed E-state index contributed by atoms with van der Waals surface area (Å²) in [6, 6.07) is 8.24. The molecule has 0 fully saturated rings. The van der Waals surface area contributed by atoms with E-state index in [-0.39, 0.29) is 6.42 Å². The van der Waals surface area contributed by atoms with Gasteiger partial charge < -0.3 is 15.4 Å². The summed E-state index contributed by atoms with van der Waals surface area (Å²) >= 11 is 11.9. The number of benzene rings is 1. The molecule has 3 N–H and O–H groups in total. The van der Waals surface area contributed by atoms with Crippen LogP contribution in [0, 0.1) is 0 Å². The number of halogens is 2. The summed E-state index contributed by atoms with van der Waals surface area (Å²) in [4.78, 5) is 10.8. The molecule has 2 aromatic rings. The van der Waals surface area contributed by atoms with E-state index in [1.165, 1.54) is 0 Å². The number of aromatic nitrogens is 1. The van der Waals surface area contributed by atoms with E-state index >= 15 is 0 Å². The van der Waals surface area contributed by atoms with Crippen LogP contribution < -0.4 is 5.73 Å². The second-order valence-corrected chi connectivity index (χ2v) is 5.34. The Kier molecular flexibility index (Phi) is 4.70. The van der Waals surface area contributed by atoms with Crippen LogP contribution in [0.5, 0.6) is 0 Å². The van der Waals surface area contributed by atoms with Crippen LogP contribution >= 0.6 is 23.2 Å². The van der Waals surface area contributed by atoms with E-state index in [0.717, 1.165) is 11.3 Å². The normalized spacial score (nSPS) is 12.3. The third kappa shape index (κ3) is 3.54. The van der Waals surface area contributed by atoms with Gasteiger partial charge >= 0.3 is 5.97 Å². The number of hydrogen-bond acceptors (Lipinski definition) is 2. The van der Waals surface area contributed by atoms with Gasteiger partial charge in [-0.15, -0.1) is 0 Å². The van der Waals surface area contributed by atoms with Crippen molar-refractivity contribution in [3.8, 4) is 0 Å². The fourth-order valence-corrected chi connectivity index (χ4v) is 2.26. The van der Waals surface area contributed by atoms with E-state index < -0.39 is 12.0 Å². The highest BCUT2D eigenvalue weighted by molar-refractivity contribution is 6.42. The molecule has 1 aromatic heterocycles. The first-order valence-electron chi connectivity index (χ1n) is 6.03. The van der Waals surface area contributed by atoms with Crippen molar-refractivity contribution in [2.75, 3.05) is 0 Å². The summed E-state index contributed by atoms with van der Waals surface area (Å²) in [5.41, 5.74) is 7.42. The molecule has 2 rings (SSSR count). The Morgan fingerprint density at radius 1 is 1.30 bits per heavy atom. The Balaban J connectivity index is 2.16. The number of hydrogen-bond donors (Lipinski definition) is 2. The van der Waals surface area contributed by atoms with Crippen LogP contribution in [0.3, 0.4) is 0 Å². The van der Waals surface area contributed by atoms with Crippen LogP contribution in [0.2, 0.25) is 10.0 Å². The van der Waals surface area contributed by atoms with Crippen molar-refractivity contribution in [3.63, 3.8) is 0 Å². The molecule has 1 atom stereocenters. The Morgan fingerprint density at radius 3 is 2.70 bits per heavy atom. The second-order valence-electron chi connectivity index (χ2n) is 4.52. The lowest BCUT2D eigenvalue weighted by Crippen LogP contribution is -2.33. The monoisotopic (exact) mass is 312 g/mol. The molecule has 0 aliphatic rings. The lowest BCUT2D eigenvalue weighted by molar-refractivity contribution is -0.138. The standard InChI is InChI=1S/C14H14Cl2N2O2/c15-11-4-3-9(6-12(11)16)8-18-5-1-2-10(18)7-13(17)14(19)20/h1-6,13H,7-8,17H2,(H,19,20). The van der Waals surface area contributed by atoms with Crippen molar-refractivity contribution in [2.24, 2.45) is 5.73 Å². The summed E-state index contributed by atoms with van der Waals surface area (Å²) in [6.45, 7) is 0.589. The molecule has 0 amide bonds. The topological polar surface area (TPSA) is 68.2 Å². The number of carboxylic acid groups (broad SMARTS) is 1. The lowest BCUT2D eigenvalue weighted by atomic mass is 10.1. The number of nitrogens with zero attached hydrogens (tertiary/aromatic N) is 1. The SMILES string of the molecule is NC(Cc1cccn1Cc1ccc(Cl)c(Cl)c1)C(=O)O. The summed E-state index contributed by atoms with van der Waals surface area (Å²) < 4.78 is 1.95. The zero-order valence-electron chi connectivity index (χ0n) is 10.6. The first kappa shape index (κ1) is 14.9.